The number of aliphatic hydroxyl groups excluding tert-OH is 1. The molecule has 1 aromatic rings. The minimum absolute atomic E-state index is 0.0683. The van der Waals surface area contributed by atoms with Crippen LogP contribution in [0.15, 0.2) is 30.3 Å². The number of carboxylic acids is 2. The summed E-state index contributed by atoms with van der Waals surface area (Å²) < 4.78 is 0. The number of aliphatic carboxylic acids is 2. The Bertz CT molecular complexity index is 954. The molecule has 0 bridgehead atoms. The van der Waals surface area contributed by atoms with Crippen LogP contribution in [0.5, 0.6) is 0 Å². The Morgan fingerprint density at radius 1 is 0.889 bits per heavy atom. The number of aliphatic hydroxyl groups is 1. The lowest BCUT2D eigenvalue weighted by Crippen LogP contribution is -2.60. The van der Waals surface area contributed by atoms with Gasteiger partial charge < -0.3 is 42.7 Å². The van der Waals surface area contributed by atoms with E-state index in [0.29, 0.717) is 5.56 Å². The van der Waals surface area contributed by atoms with Crippen LogP contribution < -0.4 is 27.4 Å². The van der Waals surface area contributed by atoms with Crippen LogP contribution in [0, 0.1) is 0 Å². The first kappa shape index (κ1) is 30.0. The van der Waals surface area contributed by atoms with Crippen molar-refractivity contribution in [2.24, 2.45) is 11.5 Å². The van der Waals surface area contributed by atoms with Gasteiger partial charge in [0.2, 0.25) is 23.6 Å². The molecular formula is C22H31N5O9. The highest BCUT2D eigenvalue weighted by Gasteiger charge is 2.33. The third-order valence-electron chi connectivity index (χ3n) is 5.00. The van der Waals surface area contributed by atoms with Crippen molar-refractivity contribution in [2.45, 2.75) is 62.9 Å². The van der Waals surface area contributed by atoms with Gasteiger partial charge in [0.15, 0.2) is 0 Å². The summed E-state index contributed by atoms with van der Waals surface area (Å²) in [6, 6.07) is 2.48. The first-order chi connectivity index (χ1) is 16.8. The monoisotopic (exact) mass is 509 g/mol. The molecule has 0 aromatic heterocycles. The zero-order valence-electron chi connectivity index (χ0n) is 19.5. The average molecular weight is 510 g/mol. The van der Waals surface area contributed by atoms with Gasteiger partial charge in [-0.3, -0.25) is 24.0 Å². The molecule has 0 spiro atoms. The van der Waals surface area contributed by atoms with Crippen LogP contribution in [0.3, 0.4) is 0 Å². The molecule has 5 atom stereocenters. The smallest absolute Gasteiger partial charge is 0.326 e. The molecule has 0 saturated heterocycles. The van der Waals surface area contributed by atoms with Crippen LogP contribution in [0.2, 0.25) is 0 Å². The van der Waals surface area contributed by atoms with E-state index in [9.17, 15) is 39.0 Å². The molecule has 1 rings (SSSR count). The van der Waals surface area contributed by atoms with Gasteiger partial charge in [0.1, 0.15) is 18.1 Å². The Hall–Kier alpha value is -4.04. The highest BCUT2D eigenvalue weighted by Crippen LogP contribution is 2.06. The Morgan fingerprint density at radius 3 is 1.97 bits per heavy atom. The zero-order chi connectivity index (χ0) is 27.4. The molecule has 198 valence electrons. The molecule has 0 saturated carbocycles. The van der Waals surface area contributed by atoms with Crippen molar-refractivity contribution in [1.82, 2.24) is 16.0 Å². The van der Waals surface area contributed by atoms with E-state index in [2.05, 4.69) is 16.0 Å². The maximum Gasteiger partial charge on any atom is 0.326 e. The predicted molar refractivity (Wildman–Crippen MR) is 124 cm³/mol. The molecule has 10 N–H and O–H groups in total. The third kappa shape index (κ3) is 10.5. The number of nitrogens with two attached hydrogens (primary N) is 2. The molecule has 1 aromatic carbocycles. The van der Waals surface area contributed by atoms with Crippen molar-refractivity contribution in [3.05, 3.63) is 35.9 Å². The molecule has 14 heteroatoms. The maximum absolute atomic E-state index is 12.8. The standard InChI is InChI=1S/C22H31N5O9/c1-11(28)18(21(34)26-15(22(35)36)9-12-5-3-2-4-6-12)27-20(33)14(7-8-16(24)29)25-19(32)13(23)10-17(30)31/h2-6,11,13-15,18,28H,7-10,23H2,1H3,(H2,24,29)(H,25,32)(H,26,34)(H,27,33)(H,30,31)(H,35,36). The van der Waals surface area contributed by atoms with E-state index in [-0.39, 0.29) is 19.3 Å². The van der Waals surface area contributed by atoms with E-state index < -0.39 is 72.3 Å². The summed E-state index contributed by atoms with van der Waals surface area (Å²) >= 11 is 0. The summed E-state index contributed by atoms with van der Waals surface area (Å²) in [5, 5.41) is 35.0. The van der Waals surface area contributed by atoms with Crippen molar-refractivity contribution >= 4 is 35.6 Å². The van der Waals surface area contributed by atoms with Gasteiger partial charge in [0.05, 0.1) is 18.6 Å². The third-order valence-corrected chi connectivity index (χ3v) is 5.00. The molecule has 0 fully saturated rings. The number of primary amides is 1. The predicted octanol–water partition coefficient (Wildman–Crippen LogP) is -2.78. The number of amides is 4. The van der Waals surface area contributed by atoms with Crippen molar-refractivity contribution in [2.75, 3.05) is 0 Å². The Balaban J connectivity index is 2.98. The number of carboxylic acid groups (broad SMARTS) is 2. The number of hydrogen-bond acceptors (Lipinski definition) is 8. The summed E-state index contributed by atoms with van der Waals surface area (Å²) in [6.45, 7) is 1.18. The number of nitrogens with one attached hydrogen (secondary N) is 3. The fraction of sp³-hybridized carbons (Fsp3) is 0.455. The summed E-state index contributed by atoms with van der Waals surface area (Å²) in [5.41, 5.74) is 11.2. The van der Waals surface area contributed by atoms with E-state index in [4.69, 9.17) is 16.6 Å². The fourth-order valence-corrected chi connectivity index (χ4v) is 3.09. The SMILES string of the molecule is CC(O)C(NC(=O)C(CCC(N)=O)NC(=O)C(N)CC(=O)O)C(=O)NC(Cc1ccccc1)C(=O)O. The second-order valence-corrected chi connectivity index (χ2v) is 8.09. The number of carbonyl (C=O) groups excluding carboxylic acids is 4. The van der Waals surface area contributed by atoms with Crippen molar-refractivity contribution in [1.29, 1.82) is 0 Å². The number of hydrogen-bond donors (Lipinski definition) is 8. The van der Waals surface area contributed by atoms with Crippen LogP contribution in [0.1, 0.15) is 31.7 Å². The van der Waals surface area contributed by atoms with E-state index in [1.54, 1.807) is 30.3 Å². The van der Waals surface area contributed by atoms with Crippen LogP contribution in [-0.2, 0) is 35.2 Å². The van der Waals surface area contributed by atoms with Gasteiger partial charge in [-0.1, -0.05) is 30.3 Å². The molecule has 0 aliphatic carbocycles. The van der Waals surface area contributed by atoms with Gasteiger partial charge in [-0.2, -0.15) is 0 Å². The maximum atomic E-state index is 12.8. The quantitative estimate of drug-likeness (QED) is 0.121. The van der Waals surface area contributed by atoms with Crippen molar-refractivity contribution < 1.29 is 44.1 Å². The lowest BCUT2D eigenvalue weighted by atomic mass is 10.0. The second-order valence-electron chi connectivity index (χ2n) is 8.09. The molecule has 14 nitrogen and oxygen atoms in total. The van der Waals surface area contributed by atoms with E-state index in [1.807, 2.05) is 0 Å². The molecule has 0 aliphatic rings. The first-order valence-corrected chi connectivity index (χ1v) is 10.9. The number of rotatable bonds is 15. The first-order valence-electron chi connectivity index (χ1n) is 10.9. The summed E-state index contributed by atoms with van der Waals surface area (Å²) in [5.74, 6) is -6.53. The summed E-state index contributed by atoms with van der Waals surface area (Å²) in [7, 11) is 0. The van der Waals surface area contributed by atoms with Crippen molar-refractivity contribution in [3.63, 3.8) is 0 Å². The Labute approximate surface area is 206 Å². The minimum atomic E-state index is -1.63. The van der Waals surface area contributed by atoms with Crippen LogP contribution in [-0.4, -0.2) is 81.2 Å². The molecule has 5 unspecified atom stereocenters. The molecular weight excluding hydrogens is 478 g/mol. The Kier molecular flexibility index (Phi) is 12.0. The van der Waals surface area contributed by atoms with E-state index in [0.717, 1.165) is 0 Å². The van der Waals surface area contributed by atoms with Gasteiger partial charge in [-0.05, 0) is 18.9 Å². The molecule has 0 radical (unpaired) electrons. The fourth-order valence-electron chi connectivity index (χ4n) is 3.09. The van der Waals surface area contributed by atoms with Gasteiger partial charge in [-0.15, -0.1) is 0 Å². The average Bonchev–Trinajstić information content (AvgIpc) is 2.79. The highest BCUT2D eigenvalue weighted by molar-refractivity contribution is 5.95. The van der Waals surface area contributed by atoms with Crippen LogP contribution >= 0.6 is 0 Å². The van der Waals surface area contributed by atoms with Gasteiger partial charge in [0.25, 0.3) is 0 Å². The second kappa shape index (κ2) is 14.4. The highest BCUT2D eigenvalue weighted by atomic mass is 16.4. The largest absolute Gasteiger partial charge is 0.481 e. The normalized spacial score (nSPS) is 14.9. The van der Waals surface area contributed by atoms with Crippen LogP contribution in [0.25, 0.3) is 0 Å². The van der Waals surface area contributed by atoms with Gasteiger partial charge >= 0.3 is 11.9 Å². The number of carbonyl (C=O) groups is 6. The Morgan fingerprint density at radius 2 is 1.47 bits per heavy atom. The van der Waals surface area contributed by atoms with Gasteiger partial charge in [-0.25, -0.2) is 4.79 Å². The topological polar surface area (TPSA) is 251 Å². The van der Waals surface area contributed by atoms with Crippen LogP contribution in [0.4, 0.5) is 0 Å². The molecule has 4 amide bonds. The summed E-state index contributed by atoms with van der Waals surface area (Å²) in [4.78, 5) is 71.4. The lowest BCUT2D eigenvalue weighted by molar-refractivity contribution is -0.143. The summed E-state index contributed by atoms with van der Waals surface area (Å²) in [6.07, 6.45) is -2.95. The van der Waals surface area contributed by atoms with E-state index >= 15 is 0 Å². The minimum Gasteiger partial charge on any atom is -0.481 e. The molecule has 0 heterocycles. The molecule has 36 heavy (non-hydrogen) atoms. The zero-order valence-corrected chi connectivity index (χ0v) is 19.5. The van der Waals surface area contributed by atoms with Gasteiger partial charge in [0, 0.05) is 12.8 Å². The van der Waals surface area contributed by atoms with Crippen molar-refractivity contribution in [3.8, 4) is 0 Å². The molecule has 0 aliphatic heterocycles. The van der Waals surface area contributed by atoms with E-state index in [1.165, 1.54) is 6.92 Å². The lowest BCUT2D eigenvalue weighted by Gasteiger charge is -2.26. The number of benzene rings is 1.